The Hall–Kier alpha value is -1.61. The third kappa shape index (κ3) is 6.12. The molecule has 0 bridgehead atoms. The van der Waals surface area contributed by atoms with Crippen molar-refractivity contribution in [1.82, 2.24) is 24.7 Å². The van der Waals surface area contributed by atoms with E-state index in [4.69, 9.17) is 0 Å². The molecule has 0 aliphatic carbocycles. The van der Waals surface area contributed by atoms with Crippen molar-refractivity contribution in [3.8, 4) is 0 Å². The van der Waals surface area contributed by atoms with E-state index in [9.17, 15) is 8.42 Å². The Morgan fingerprint density at radius 2 is 2.08 bits per heavy atom. The van der Waals surface area contributed by atoms with Gasteiger partial charge in [0.2, 0.25) is 10.0 Å². The molecule has 0 aliphatic heterocycles. The lowest BCUT2D eigenvalue weighted by atomic mass is 10.1. The minimum atomic E-state index is -3.16. The van der Waals surface area contributed by atoms with Gasteiger partial charge in [-0.1, -0.05) is 13.8 Å². The molecule has 0 aromatic carbocycles. The summed E-state index contributed by atoms with van der Waals surface area (Å²) in [6, 6.07) is 0. The Kier molecular flexibility index (Phi) is 7.68. The van der Waals surface area contributed by atoms with Gasteiger partial charge < -0.3 is 10.2 Å². The van der Waals surface area contributed by atoms with Gasteiger partial charge in [-0.3, -0.25) is 9.67 Å². The molecule has 0 saturated heterocycles. The number of hydrogen-bond donors (Lipinski definition) is 2. The highest BCUT2D eigenvalue weighted by atomic mass is 32.2. The number of hydrogen-bond acceptors (Lipinski definition) is 4. The number of aliphatic imine (C=N–C) groups is 1. The summed E-state index contributed by atoms with van der Waals surface area (Å²) in [5, 5.41) is 7.68. The molecule has 138 valence electrons. The average molecular weight is 359 g/mol. The van der Waals surface area contributed by atoms with Crippen LogP contribution in [-0.2, 0) is 23.6 Å². The molecule has 1 rings (SSSR count). The fourth-order valence-corrected chi connectivity index (χ4v) is 2.98. The first kappa shape index (κ1) is 20.4. The Morgan fingerprint density at radius 3 is 2.62 bits per heavy atom. The van der Waals surface area contributed by atoms with Gasteiger partial charge in [0.1, 0.15) is 0 Å². The third-order valence-electron chi connectivity index (χ3n) is 3.58. The first-order valence-corrected chi connectivity index (χ1v) is 9.77. The molecule has 1 heterocycles. The number of sulfonamides is 1. The number of nitrogens with zero attached hydrogens (tertiary/aromatic N) is 4. The summed E-state index contributed by atoms with van der Waals surface area (Å²) in [7, 11) is 2.42. The van der Waals surface area contributed by atoms with Crippen molar-refractivity contribution in [2.45, 2.75) is 33.2 Å². The van der Waals surface area contributed by atoms with Crippen LogP contribution in [0.25, 0.3) is 0 Å². The van der Waals surface area contributed by atoms with Crippen LogP contribution in [0.4, 0.5) is 0 Å². The fourth-order valence-electron chi connectivity index (χ4n) is 2.36. The Labute approximate surface area is 145 Å². The highest BCUT2D eigenvalue weighted by molar-refractivity contribution is 7.89. The summed E-state index contributed by atoms with van der Waals surface area (Å²) >= 11 is 0. The second kappa shape index (κ2) is 9.03. The zero-order chi connectivity index (χ0) is 18.3. The minimum absolute atomic E-state index is 0.0839. The van der Waals surface area contributed by atoms with Gasteiger partial charge in [-0.2, -0.15) is 5.10 Å². The first-order valence-electron chi connectivity index (χ1n) is 8.11. The van der Waals surface area contributed by atoms with E-state index in [-0.39, 0.29) is 5.75 Å². The number of aryl methyl sites for hydroxylation is 1. The second-order valence-electron chi connectivity index (χ2n) is 6.00. The lowest BCUT2D eigenvalue weighted by Gasteiger charge is -2.22. The first-order chi connectivity index (χ1) is 11.2. The molecule has 0 radical (unpaired) electrons. The van der Waals surface area contributed by atoms with E-state index in [0.717, 1.165) is 11.3 Å². The maximum atomic E-state index is 11.4. The molecule has 0 saturated carbocycles. The summed E-state index contributed by atoms with van der Waals surface area (Å²) in [5.74, 6) is 1.15. The summed E-state index contributed by atoms with van der Waals surface area (Å²) < 4.78 is 27.2. The molecular weight excluding hydrogens is 328 g/mol. The smallest absolute Gasteiger partial charge is 0.211 e. The van der Waals surface area contributed by atoms with Crippen LogP contribution in [-0.4, -0.2) is 62.0 Å². The second-order valence-corrected chi connectivity index (χ2v) is 8.09. The zero-order valence-electron chi connectivity index (χ0n) is 15.5. The maximum Gasteiger partial charge on any atom is 0.211 e. The molecule has 0 amide bonds. The van der Waals surface area contributed by atoms with Gasteiger partial charge in [0.25, 0.3) is 0 Å². The van der Waals surface area contributed by atoms with Crippen molar-refractivity contribution < 1.29 is 8.42 Å². The van der Waals surface area contributed by atoms with E-state index in [2.05, 4.69) is 34.0 Å². The van der Waals surface area contributed by atoms with E-state index in [1.807, 2.05) is 29.9 Å². The van der Waals surface area contributed by atoms with Gasteiger partial charge in [-0.25, -0.2) is 13.1 Å². The quantitative estimate of drug-likeness (QED) is 0.401. The normalized spacial score (nSPS) is 12.7. The van der Waals surface area contributed by atoms with E-state index >= 15 is 0 Å². The number of guanidine groups is 1. The van der Waals surface area contributed by atoms with Crippen LogP contribution in [0.1, 0.15) is 37.9 Å². The zero-order valence-corrected chi connectivity index (χ0v) is 16.3. The molecule has 9 heteroatoms. The van der Waals surface area contributed by atoms with E-state index in [1.165, 1.54) is 0 Å². The fraction of sp³-hybridized carbons (Fsp3) is 0.733. The molecule has 1 aromatic rings. The van der Waals surface area contributed by atoms with E-state index in [0.29, 0.717) is 31.5 Å². The van der Waals surface area contributed by atoms with Crippen molar-refractivity contribution in [3.05, 3.63) is 17.5 Å². The summed E-state index contributed by atoms with van der Waals surface area (Å²) in [5.41, 5.74) is 2.24. The Morgan fingerprint density at radius 1 is 1.42 bits per heavy atom. The van der Waals surface area contributed by atoms with Gasteiger partial charge in [0.15, 0.2) is 5.96 Å². The van der Waals surface area contributed by atoms with Crippen LogP contribution >= 0.6 is 0 Å². The van der Waals surface area contributed by atoms with Crippen LogP contribution < -0.4 is 10.0 Å². The minimum Gasteiger partial charge on any atom is -0.355 e. The van der Waals surface area contributed by atoms with Gasteiger partial charge in [0, 0.05) is 52.5 Å². The highest BCUT2D eigenvalue weighted by Gasteiger charge is 2.15. The molecule has 0 atom stereocenters. The van der Waals surface area contributed by atoms with Gasteiger partial charge in [-0.15, -0.1) is 0 Å². The molecule has 0 fully saturated rings. The lowest BCUT2D eigenvalue weighted by Crippen LogP contribution is -2.42. The maximum absolute atomic E-state index is 11.4. The predicted octanol–water partition coefficient (Wildman–Crippen LogP) is 0.490. The molecule has 8 nitrogen and oxygen atoms in total. The predicted molar refractivity (Wildman–Crippen MR) is 97.6 cm³/mol. The SMILES string of the molecule is CCS(=O)(=O)NCCNC(=NC)N(C)Cc1cn(C)nc1C(C)C. The van der Waals surface area contributed by atoms with Crippen LogP contribution in [0.15, 0.2) is 11.2 Å². The molecule has 24 heavy (non-hydrogen) atoms. The molecule has 0 aliphatic rings. The molecule has 2 N–H and O–H groups in total. The van der Waals surface area contributed by atoms with Crippen molar-refractivity contribution in [2.24, 2.45) is 12.0 Å². The van der Waals surface area contributed by atoms with E-state index < -0.39 is 10.0 Å². The number of rotatable bonds is 8. The largest absolute Gasteiger partial charge is 0.355 e. The number of aromatic nitrogens is 2. The van der Waals surface area contributed by atoms with Crippen LogP contribution in [0, 0.1) is 0 Å². The lowest BCUT2D eigenvalue weighted by molar-refractivity contribution is 0.473. The van der Waals surface area contributed by atoms with Crippen molar-refractivity contribution in [2.75, 3.05) is 32.9 Å². The molecule has 0 spiro atoms. The summed E-state index contributed by atoms with van der Waals surface area (Å²) in [6.07, 6.45) is 2.02. The van der Waals surface area contributed by atoms with Crippen molar-refractivity contribution in [1.29, 1.82) is 0 Å². The van der Waals surface area contributed by atoms with Gasteiger partial charge in [-0.05, 0) is 12.8 Å². The monoisotopic (exact) mass is 358 g/mol. The van der Waals surface area contributed by atoms with Crippen LogP contribution in [0.3, 0.4) is 0 Å². The summed E-state index contributed by atoms with van der Waals surface area (Å²) in [4.78, 5) is 6.24. The average Bonchev–Trinajstić information content (AvgIpc) is 2.88. The van der Waals surface area contributed by atoms with Gasteiger partial charge in [0.05, 0.1) is 11.4 Å². The number of nitrogens with one attached hydrogen (secondary N) is 2. The van der Waals surface area contributed by atoms with Crippen LogP contribution in [0.5, 0.6) is 0 Å². The van der Waals surface area contributed by atoms with Crippen molar-refractivity contribution in [3.63, 3.8) is 0 Å². The third-order valence-corrected chi connectivity index (χ3v) is 4.98. The molecule has 0 unspecified atom stereocenters. The topological polar surface area (TPSA) is 91.6 Å². The summed E-state index contributed by atoms with van der Waals surface area (Å²) in [6.45, 7) is 7.34. The van der Waals surface area contributed by atoms with Crippen LogP contribution in [0.2, 0.25) is 0 Å². The Balaban J connectivity index is 2.60. The Bertz CT molecular complexity index is 651. The molecule has 1 aromatic heterocycles. The highest BCUT2D eigenvalue weighted by Crippen LogP contribution is 2.18. The van der Waals surface area contributed by atoms with Gasteiger partial charge >= 0.3 is 0 Å². The van der Waals surface area contributed by atoms with Crippen molar-refractivity contribution >= 4 is 16.0 Å². The van der Waals surface area contributed by atoms with E-state index in [1.54, 1.807) is 14.0 Å². The standard InChI is InChI=1S/C15H30N6O2S/c1-7-24(22,23)18-9-8-17-15(16-4)20(5)10-13-11-21(6)19-14(13)12(2)3/h11-12,18H,7-10H2,1-6H3,(H,16,17). The molecular formula is C15H30N6O2S.